The number of aromatic nitrogens is 2. The van der Waals surface area contributed by atoms with Crippen LogP contribution in [0, 0.1) is 10.1 Å². The van der Waals surface area contributed by atoms with Crippen LogP contribution in [0.5, 0.6) is 0 Å². The Morgan fingerprint density at radius 2 is 2.19 bits per heavy atom. The molecule has 0 saturated heterocycles. The van der Waals surface area contributed by atoms with Crippen LogP contribution in [-0.2, 0) is 13.5 Å². The SMILES string of the molecule is CCc1nn(C)cc1Nc1ccc(C(=O)O)cc1[N+](=O)[O-]. The molecule has 21 heavy (non-hydrogen) atoms. The van der Waals surface area contributed by atoms with Crippen molar-refractivity contribution in [1.82, 2.24) is 9.78 Å². The minimum atomic E-state index is -1.21. The number of nitrogens with one attached hydrogen (secondary N) is 1. The van der Waals surface area contributed by atoms with Gasteiger partial charge in [-0.15, -0.1) is 0 Å². The Bertz CT molecular complexity index is 708. The number of benzene rings is 1. The van der Waals surface area contributed by atoms with Gasteiger partial charge in [-0.3, -0.25) is 14.8 Å². The average Bonchev–Trinajstić information content (AvgIpc) is 2.78. The van der Waals surface area contributed by atoms with E-state index in [2.05, 4.69) is 10.4 Å². The van der Waals surface area contributed by atoms with Crippen molar-refractivity contribution < 1.29 is 14.8 Å². The number of carbonyl (C=O) groups is 1. The summed E-state index contributed by atoms with van der Waals surface area (Å²) in [4.78, 5) is 21.4. The molecule has 0 bridgehead atoms. The summed E-state index contributed by atoms with van der Waals surface area (Å²) in [6.45, 7) is 1.93. The molecule has 2 rings (SSSR count). The molecule has 1 aromatic heterocycles. The standard InChI is InChI=1S/C13H14N4O4/c1-3-9-11(7-16(2)15-9)14-10-5-4-8(13(18)19)6-12(10)17(20)21/h4-7,14H,3H2,1-2H3,(H,18,19). The van der Waals surface area contributed by atoms with E-state index >= 15 is 0 Å². The zero-order valence-corrected chi connectivity index (χ0v) is 11.5. The number of hydrogen-bond donors (Lipinski definition) is 2. The van der Waals surface area contributed by atoms with E-state index < -0.39 is 10.9 Å². The molecule has 8 nitrogen and oxygen atoms in total. The van der Waals surface area contributed by atoms with Gasteiger partial charge < -0.3 is 10.4 Å². The molecule has 2 aromatic rings. The molecule has 0 aliphatic carbocycles. The van der Waals surface area contributed by atoms with Gasteiger partial charge in [0.1, 0.15) is 5.69 Å². The Balaban J connectivity index is 2.43. The third-order valence-electron chi connectivity index (χ3n) is 2.95. The maximum absolute atomic E-state index is 11.1. The van der Waals surface area contributed by atoms with Gasteiger partial charge in [-0.25, -0.2) is 4.79 Å². The van der Waals surface area contributed by atoms with Crippen molar-refractivity contribution in [3.05, 3.63) is 45.8 Å². The molecular weight excluding hydrogens is 276 g/mol. The Morgan fingerprint density at radius 1 is 1.48 bits per heavy atom. The Kier molecular flexibility index (Phi) is 3.88. The van der Waals surface area contributed by atoms with Crippen LogP contribution in [0.2, 0.25) is 0 Å². The van der Waals surface area contributed by atoms with Crippen LogP contribution in [-0.4, -0.2) is 25.8 Å². The van der Waals surface area contributed by atoms with E-state index in [1.807, 2.05) is 6.92 Å². The molecule has 0 spiro atoms. The fourth-order valence-electron chi connectivity index (χ4n) is 1.97. The second-order valence-electron chi connectivity index (χ2n) is 4.44. The summed E-state index contributed by atoms with van der Waals surface area (Å²) in [5.74, 6) is -1.21. The van der Waals surface area contributed by atoms with Crippen molar-refractivity contribution in [2.24, 2.45) is 7.05 Å². The van der Waals surface area contributed by atoms with E-state index in [4.69, 9.17) is 5.11 Å². The highest BCUT2D eigenvalue weighted by atomic mass is 16.6. The summed E-state index contributed by atoms with van der Waals surface area (Å²) in [6, 6.07) is 3.74. The van der Waals surface area contributed by atoms with Crippen molar-refractivity contribution in [3.63, 3.8) is 0 Å². The first kappa shape index (κ1) is 14.5. The molecule has 8 heteroatoms. The molecular formula is C13H14N4O4. The summed E-state index contributed by atoms with van der Waals surface area (Å²) < 4.78 is 1.61. The van der Waals surface area contributed by atoms with Crippen molar-refractivity contribution >= 4 is 23.0 Å². The molecule has 0 fully saturated rings. The van der Waals surface area contributed by atoms with Crippen LogP contribution in [0.4, 0.5) is 17.1 Å². The fraction of sp³-hybridized carbons (Fsp3) is 0.231. The largest absolute Gasteiger partial charge is 0.478 e. The molecule has 1 heterocycles. The smallest absolute Gasteiger partial charge is 0.335 e. The van der Waals surface area contributed by atoms with Crippen molar-refractivity contribution in [1.29, 1.82) is 0 Å². The molecule has 1 aromatic carbocycles. The maximum Gasteiger partial charge on any atom is 0.335 e. The topological polar surface area (TPSA) is 110 Å². The molecule has 0 aliphatic heterocycles. The van der Waals surface area contributed by atoms with Gasteiger partial charge in [-0.2, -0.15) is 5.10 Å². The van der Waals surface area contributed by atoms with Crippen LogP contribution in [0.3, 0.4) is 0 Å². The lowest BCUT2D eigenvalue weighted by molar-refractivity contribution is -0.383. The Labute approximate surface area is 120 Å². The van der Waals surface area contributed by atoms with Crippen LogP contribution < -0.4 is 5.32 Å². The average molecular weight is 290 g/mol. The minimum absolute atomic E-state index is 0.130. The summed E-state index contributed by atoms with van der Waals surface area (Å²) >= 11 is 0. The number of rotatable bonds is 5. The molecule has 0 radical (unpaired) electrons. The maximum atomic E-state index is 11.1. The molecule has 0 aliphatic rings. The van der Waals surface area contributed by atoms with Gasteiger partial charge in [0.2, 0.25) is 0 Å². The first-order chi connectivity index (χ1) is 9.92. The summed E-state index contributed by atoms with van der Waals surface area (Å²) in [5.41, 5.74) is 1.24. The third kappa shape index (κ3) is 2.99. The first-order valence-corrected chi connectivity index (χ1v) is 6.23. The van der Waals surface area contributed by atoms with Gasteiger partial charge in [0, 0.05) is 19.3 Å². The zero-order chi connectivity index (χ0) is 15.6. The lowest BCUT2D eigenvalue weighted by Crippen LogP contribution is -2.02. The van der Waals surface area contributed by atoms with Crippen LogP contribution in [0.1, 0.15) is 23.0 Å². The summed E-state index contributed by atoms with van der Waals surface area (Å²) in [7, 11) is 1.76. The highest BCUT2D eigenvalue weighted by Gasteiger charge is 2.18. The second kappa shape index (κ2) is 5.61. The first-order valence-electron chi connectivity index (χ1n) is 6.23. The number of aromatic carboxylic acids is 1. The number of nitrogens with zero attached hydrogens (tertiary/aromatic N) is 3. The second-order valence-corrected chi connectivity index (χ2v) is 4.44. The number of anilines is 2. The number of nitro benzene ring substituents is 1. The van der Waals surface area contributed by atoms with E-state index in [0.29, 0.717) is 12.1 Å². The molecule has 2 N–H and O–H groups in total. The minimum Gasteiger partial charge on any atom is -0.478 e. The van der Waals surface area contributed by atoms with E-state index in [1.165, 1.54) is 12.1 Å². The van der Waals surface area contributed by atoms with E-state index in [-0.39, 0.29) is 16.9 Å². The number of aryl methyl sites for hydroxylation is 2. The van der Waals surface area contributed by atoms with Gasteiger partial charge in [0.15, 0.2) is 0 Å². The Hall–Kier alpha value is -2.90. The van der Waals surface area contributed by atoms with Gasteiger partial charge in [-0.1, -0.05) is 6.92 Å². The van der Waals surface area contributed by atoms with Crippen LogP contribution in [0.15, 0.2) is 24.4 Å². The predicted molar refractivity (Wildman–Crippen MR) is 75.9 cm³/mol. The van der Waals surface area contributed by atoms with Crippen LogP contribution >= 0.6 is 0 Å². The normalized spacial score (nSPS) is 10.4. The molecule has 0 amide bonds. The Morgan fingerprint density at radius 3 is 2.76 bits per heavy atom. The van der Waals surface area contributed by atoms with Gasteiger partial charge >= 0.3 is 5.97 Å². The van der Waals surface area contributed by atoms with Crippen molar-refractivity contribution in [2.45, 2.75) is 13.3 Å². The van der Waals surface area contributed by atoms with Gasteiger partial charge in [0.25, 0.3) is 5.69 Å². The fourth-order valence-corrected chi connectivity index (χ4v) is 1.97. The number of carboxylic acids is 1. The molecule has 0 atom stereocenters. The van der Waals surface area contributed by atoms with Crippen molar-refractivity contribution in [3.8, 4) is 0 Å². The lowest BCUT2D eigenvalue weighted by atomic mass is 10.1. The summed E-state index contributed by atoms with van der Waals surface area (Å²) in [5, 5.41) is 27.2. The highest BCUT2D eigenvalue weighted by Crippen LogP contribution is 2.30. The van der Waals surface area contributed by atoms with Crippen LogP contribution in [0.25, 0.3) is 0 Å². The van der Waals surface area contributed by atoms with Crippen molar-refractivity contribution in [2.75, 3.05) is 5.32 Å². The van der Waals surface area contributed by atoms with Gasteiger partial charge in [-0.05, 0) is 18.6 Å². The highest BCUT2D eigenvalue weighted by molar-refractivity contribution is 5.90. The number of carboxylic acid groups (broad SMARTS) is 1. The molecule has 110 valence electrons. The summed E-state index contributed by atoms with van der Waals surface area (Å²) in [6.07, 6.45) is 2.39. The zero-order valence-electron chi connectivity index (χ0n) is 11.5. The van der Waals surface area contributed by atoms with Gasteiger partial charge in [0.05, 0.1) is 21.9 Å². The third-order valence-corrected chi connectivity index (χ3v) is 2.95. The molecule has 0 unspecified atom stereocenters. The quantitative estimate of drug-likeness (QED) is 0.646. The lowest BCUT2D eigenvalue weighted by Gasteiger charge is -2.07. The van der Waals surface area contributed by atoms with E-state index in [0.717, 1.165) is 11.8 Å². The predicted octanol–water partition coefficient (Wildman–Crippen LogP) is 2.33. The monoisotopic (exact) mass is 290 g/mol. The van der Waals surface area contributed by atoms with E-state index in [9.17, 15) is 14.9 Å². The number of hydrogen-bond acceptors (Lipinski definition) is 5. The van der Waals surface area contributed by atoms with E-state index in [1.54, 1.807) is 17.9 Å². The molecule has 0 saturated carbocycles. The number of nitro groups is 1.